The third-order valence-electron chi connectivity index (χ3n) is 2.45. The molecule has 0 aliphatic rings. The minimum absolute atomic E-state index is 0.325. The molecule has 1 aromatic heterocycles. The third kappa shape index (κ3) is 3.82. The van der Waals surface area contributed by atoms with Gasteiger partial charge in [0, 0.05) is 12.8 Å². The highest BCUT2D eigenvalue weighted by molar-refractivity contribution is 7.98. The van der Waals surface area contributed by atoms with Gasteiger partial charge in [0.1, 0.15) is 0 Å². The van der Waals surface area contributed by atoms with Gasteiger partial charge in [0.05, 0.1) is 7.11 Å². The normalized spacial score (nSPS) is 10.3. The van der Waals surface area contributed by atoms with Crippen LogP contribution < -0.4 is 10.1 Å². The Bertz CT molecular complexity index is 540. The van der Waals surface area contributed by atoms with Gasteiger partial charge < -0.3 is 10.1 Å². The van der Waals surface area contributed by atoms with E-state index in [0.29, 0.717) is 17.1 Å². The van der Waals surface area contributed by atoms with Crippen LogP contribution in [-0.4, -0.2) is 29.1 Å². The number of rotatable bonds is 5. The van der Waals surface area contributed by atoms with Gasteiger partial charge in [-0.05, 0) is 12.5 Å². The van der Waals surface area contributed by atoms with Crippen molar-refractivity contribution in [3.05, 3.63) is 35.4 Å². The Labute approximate surface area is 116 Å². The second kappa shape index (κ2) is 6.38. The van der Waals surface area contributed by atoms with E-state index in [9.17, 15) is 0 Å². The van der Waals surface area contributed by atoms with Crippen LogP contribution in [0, 0.1) is 6.92 Å². The molecule has 0 saturated carbocycles. The van der Waals surface area contributed by atoms with Gasteiger partial charge in [0.25, 0.3) is 0 Å². The van der Waals surface area contributed by atoms with Gasteiger partial charge in [-0.1, -0.05) is 41.6 Å². The Kier molecular flexibility index (Phi) is 4.57. The smallest absolute Gasteiger partial charge is 0.321 e. The number of nitrogens with zero attached hydrogens (tertiary/aromatic N) is 3. The Morgan fingerprint density at radius 3 is 2.79 bits per heavy atom. The molecule has 0 unspecified atom stereocenters. The number of thioether (sulfide) groups is 1. The zero-order valence-electron chi connectivity index (χ0n) is 11.2. The fourth-order valence-electron chi connectivity index (χ4n) is 1.56. The first-order chi connectivity index (χ1) is 9.21. The topological polar surface area (TPSA) is 59.9 Å². The van der Waals surface area contributed by atoms with E-state index in [1.807, 2.05) is 0 Å². The summed E-state index contributed by atoms with van der Waals surface area (Å²) in [6.45, 7) is 2.08. The van der Waals surface area contributed by atoms with E-state index < -0.39 is 0 Å². The number of hydrogen-bond donors (Lipinski definition) is 1. The molecular formula is C13H16N4OS. The maximum atomic E-state index is 5.05. The number of ether oxygens (including phenoxy) is 1. The maximum absolute atomic E-state index is 5.05. The Balaban J connectivity index is 2.10. The molecule has 6 heteroatoms. The largest absolute Gasteiger partial charge is 0.467 e. The second-order valence-electron chi connectivity index (χ2n) is 3.96. The Morgan fingerprint density at radius 1 is 1.26 bits per heavy atom. The predicted molar refractivity (Wildman–Crippen MR) is 76.7 cm³/mol. The molecule has 0 bridgehead atoms. The minimum Gasteiger partial charge on any atom is -0.467 e. The molecule has 100 valence electrons. The van der Waals surface area contributed by atoms with Gasteiger partial charge in [-0.3, -0.25) is 0 Å². The molecule has 0 spiro atoms. The number of aryl methyl sites for hydroxylation is 1. The van der Waals surface area contributed by atoms with Crippen molar-refractivity contribution in [1.82, 2.24) is 15.0 Å². The summed E-state index contributed by atoms with van der Waals surface area (Å²) in [5.41, 5.74) is 2.50. The molecule has 0 atom stereocenters. The zero-order valence-corrected chi connectivity index (χ0v) is 12.0. The Morgan fingerprint density at radius 2 is 2.11 bits per heavy atom. The number of aromatic nitrogens is 3. The highest BCUT2D eigenvalue weighted by atomic mass is 32.2. The summed E-state index contributed by atoms with van der Waals surface area (Å²) in [6, 6.07) is 8.71. The second-order valence-corrected chi connectivity index (χ2v) is 4.90. The lowest BCUT2D eigenvalue weighted by Gasteiger charge is -2.05. The molecular weight excluding hydrogens is 260 g/mol. The van der Waals surface area contributed by atoms with Gasteiger partial charge in [0.15, 0.2) is 5.16 Å². The van der Waals surface area contributed by atoms with Crippen molar-refractivity contribution in [2.75, 3.05) is 19.5 Å². The molecule has 0 radical (unpaired) electrons. The van der Waals surface area contributed by atoms with E-state index in [1.165, 1.54) is 11.1 Å². The first-order valence-electron chi connectivity index (χ1n) is 5.87. The van der Waals surface area contributed by atoms with E-state index in [-0.39, 0.29) is 0 Å². The standard InChI is InChI=1S/C13H16N4OS/c1-9-5-4-6-10(7-9)8-19-13-16-11(14-2)15-12(17-13)18-3/h4-7H,8H2,1-3H3,(H,14,15,16,17). The highest BCUT2D eigenvalue weighted by Crippen LogP contribution is 2.22. The van der Waals surface area contributed by atoms with Crippen LogP contribution in [0.15, 0.2) is 29.4 Å². The summed E-state index contributed by atoms with van der Waals surface area (Å²) in [5.74, 6) is 1.33. The van der Waals surface area contributed by atoms with Crippen LogP contribution in [0.2, 0.25) is 0 Å². The molecule has 19 heavy (non-hydrogen) atoms. The molecule has 0 aliphatic heterocycles. The van der Waals surface area contributed by atoms with Crippen LogP contribution >= 0.6 is 11.8 Å². The van der Waals surface area contributed by atoms with E-state index in [2.05, 4.69) is 51.5 Å². The molecule has 2 rings (SSSR count). The number of hydrogen-bond acceptors (Lipinski definition) is 6. The lowest BCUT2D eigenvalue weighted by atomic mass is 10.2. The average molecular weight is 276 g/mol. The van der Waals surface area contributed by atoms with Crippen LogP contribution in [-0.2, 0) is 5.75 Å². The van der Waals surface area contributed by atoms with Gasteiger partial charge in [0.2, 0.25) is 5.95 Å². The monoisotopic (exact) mass is 276 g/mol. The first kappa shape index (κ1) is 13.6. The van der Waals surface area contributed by atoms with Crippen molar-refractivity contribution < 1.29 is 4.74 Å². The van der Waals surface area contributed by atoms with Gasteiger partial charge in [-0.25, -0.2) is 0 Å². The molecule has 0 saturated heterocycles. The van der Waals surface area contributed by atoms with E-state index >= 15 is 0 Å². The van der Waals surface area contributed by atoms with Crippen molar-refractivity contribution >= 4 is 17.7 Å². The van der Waals surface area contributed by atoms with Crippen molar-refractivity contribution in [1.29, 1.82) is 0 Å². The molecule has 0 fully saturated rings. The van der Waals surface area contributed by atoms with Gasteiger partial charge in [-0.15, -0.1) is 0 Å². The van der Waals surface area contributed by atoms with Crippen molar-refractivity contribution in [2.45, 2.75) is 17.8 Å². The van der Waals surface area contributed by atoms with Crippen LogP contribution in [0.4, 0.5) is 5.95 Å². The average Bonchev–Trinajstić information content (AvgIpc) is 2.44. The zero-order chi connectivity index (χ0) is 13.7. The van der Waals surface area contributed by atoms with Crippen LogP contribution in [0.25, 0.3) is 0 Å². The summed E-state index contributed by atoms with van der Waals surface area (Å²) in [7, 11) is 3.31. The van der Waals surface area contributed by atoms with Crippen molar-refractivity contribution in [3.8, 4) is 6.01 Å². The summed E-state index contributed by atoms with van der Waals surface area (Å²) in [4.78, 5) is 12.6. The van der Waals surface area contributed by atoms with Crippen molar-refractivity contribution in [2.24, 2.45) is 0 Å². The van der Waals surface area contributed by atoms with E-state index in [0.717, 1.165) is 5.75 Å². The minimum atomic E-state index is 0.325. The highest BCUT2D eigenvalue weighted by Gasteiger charge is 2.06. The van der Waals surface area contributed by atoms with Crippen LogP contribution in [0.5, 0.6) is 6.01 Å². The lowest BCUT2D eigenvalue weighted by molar-refractivity contribution is 0.374. The molecule has 1 N–H and O–H groups in total. The summed E-state index contributed by atoms with van der Waals surface area (Å²) in [5, 5.41) is 3.54. The molecule has 1 heterocycles. The predicted octanol–water partition coefficient (Wildman–Crippen LogP) is 2.52. The Hall–Kier alpha value is -1.82. The van der Waals surface area contributed by atoms with Crippen LogP contribution in [0.1, 0.15) is 11.1 Å². The SMILES string of the molecule is CNc1nc(OC)nc(SCc2cccc(C)c2)n1. The number of nitrogens with one attached hydrogen (secondary N) is 1. The maximum Gasteiger partial charge on any atom is 0.321 e. The fourth-order valence-corrected chi connectivity index (χ4v) is 2.32. The van der Waals surface area contributed by atoms with Crippen LogP contribution in [0.3, 0.4) is 0 Å². The number of benzene rings is 1. The summed E-state index contributed by atoms with van der Waals surface area (Å²) >= 11 is 1.56. The molecule has 0 amide bonds. The molecule has 1 aromatic carbocycles. The lowest BCUT2D eigenvalue weighted by Crippen LogP contribution is -2.02. The number of methoxy groups -OCH3 is 1. The molecule has 0 aliphatic carbocycles. The van der Waals surface area contributed by atoms with E-state index in [4.69, 9.17) is 4.74 Å². The number of anilines is 1. The molecule has 5 nitrogen and oxygen atoms in total. The third-order valence-corrected chi connectivity index (χ3v) is 3.37. The van der Waals surface area contributed by atoms with Gasteiger partial charge in [-0.2, -0.15) is 15.0 Å². The van der Waals surface area contributed by atoms with Crippen molar-refractivity contribution in [3.63, 3.8) is 0 Å². The fraction of sp³-hybridized carbons (Fsp3) is 0.308. The quantitative estimate of drug-likeness (QED) is 0.847. The molecule has 2 aromatic rings. The summed E-state index contributed by atoms with van der Waals surface area (Å²) < 4.78 is 5.05. The van der Waals surface area contributed by atoms with E-state index in [1.54, 1.807) is 25.9 Å². The first-order valence-corrected chi connectivity index (χ1v) is 6.86. The van der Waals surface area contributed by atoms with Gasteiger partial charge >= 0.3 is 6.01 Å². The summed E-state index contributed by atoms with van der Waals surface area (Å²) in [6.07, 6.45) is 0.